The number of rotatable bonds is 5. The second-order valence-corrected chi connectivity index (χ2v) is 8.70. The topological polar surface area (TPSA) is 12.4 Å². The van der Waals surface area contributed by atoms with E-state index in [1.54, 1.807) is 0 Å². The molecule has 1 nitrogen and oxygen atoms in total. The molecule has 4 aromatic carbocycles. The second-order valence-electron chi connectivity index (χ2n) is 6.78. The largest absolute Gasteiger partial charge is 0.252 e. The molecule has 4 rings (SSSR count). The molecule has 1 atom stereocenters. The highest BCUT2D eigenvalue weighted by Crippen LogP contribution is 2.35. The molecular formula is C28H22NP. The lowest BCUT2D eigenvalue weighted by Gasteiger charge is -2.14. The van der Waals surface area contributed by atoms with Gasteiger partial charge in [-0.1, -0.05) is 109 Å². The van der Waals surface area contributed by atoms with Gasteiger partial charge >= 0.3 is 0 Å². The molecule has 0 bridgehead atoms. The molecule has 0 fully saturated rings. The summed E-state index contributed by atoms with van der Waals surface area (Å²) in [6.07, 6.45) is 0.804. The predicted molar refractivity (Wildman–Crippen MR) is 130 cm³/mol. The highest BCUT2D eigenvalue weighted by atomic mass is 31.1. The van der Waals surface area contributed by atoms with Crippen LogP contribution in [-0.2, 0) is 0 Å². The molecule has 30 heavy (non-hydrogen) atoms. The summed E-state index contributed by atoms with van der Waals surface area (Å²) in [5.41, 5.74) is 7.80. The van der Waals surface area contributed by atoms with Crippen LogP contribution >= 0.6 is 7.92 Å². The fraction of sp³-hybridized carbons (Fsp3) is 0.0357. The Kier molecular flexibility index (Phi) is 6.85. The van der Waals surface area contributed by atoms with Gasteiger partial charge in [-0.15, -0.1) is 0 Å². The van der Waals surface area contributed by atoms with Gasteiger partial charge < -0.3 is 0 Å². The first-order chi connectivity index (χ1) is 14.9. The molecule has 0 spiro atoms. The van der Waals surface area contributed by atoms with Gasteiger partial charge in [0, 0.05) is 19.6 Å². The van der Waals surface area contributed by atoms with Crippen molar-refractivity contribution in [2.45, 2.75) is 0 Å². The van der Waals surface area contributed by atoms with Gasteiger partial charge in [0.2, 0.25) is 0 Å². The van der Waals surface area contributed by atoms with Crippen LogP contribution in [0.1, 0.15) is 11.1 Å². The summed E-state index contributed by atoms with van der Waals surface area (Å²) in [6, 6.07) is 41.4. The quantitative estimate of drug-likeness (QED) is 0.202. The van der Waals surface area contributed by atoms with E-state index < -0.39 is 7.92 Å². The van der Waals surface area contributed by atoms with Gasteiger partial charge in [-0.05, 0) is 35.1 Å². The molecule has 4 aromatic rings. The van der Waals surface area contributed by atoms with Crippen molar-refractivity contribution < 1.29 is 0 Å². The van der Waals surface area contributed by atoms with Crippen LogP contribution in [0.25, 0.3) is 0 Å². The lowest BCUT2D eigenvalue weighted by molar-refractivity contribution is 1.48. The SMILES string of the molecule is C(#C[P@@](CC(=Nc1ccccc1)c1ccccc1)c1ccccc1)c1ccccc1. The molecule has 0 aromatic heterocycles. The maximum absolute atomic E-state index is 5.01. The monoisotopic (exact) mass is 403 g/mol. The maximum atomic E-state index is 5.01. The molecule has 0 radical (unpaired) electrons. The average Bonchev–Trinajstić information content (AvgIpc) is 2.83. The minimum absolute atomic E-state index is 0.731. The first kappa shape index (κ1) is 19.8. The van der Waals surface area contributed by atoms with Crippen molar-refractivity contribution in [2.75, 3.05) is 6.16 Å². The van der Waals surface area contributed by atoms with E-state index in [0.717, 1.165) is 28.7 Å². The third-order valence-electron chi connectivity index (χ3n) is 4.61. The van der Waals surface area contributed by atoms with E-state index in [1.807, 2.05) is 54.6 Å². The highest BCUT2D eigenvalue weighted by Gasteiger charge is 2.14. The fourth-order valence-corrected chi connectivity index (χ4v) is 4.83. The zero-order valence-electron chi connectivity index (χ0n) is 16.6. The summed E-state index contributed by atoms with van der Waals surface area (Å²) >= 11 is 0. The number of para-hydroxylation sites is 1. The average molecular weight is 403 g/mol. The lowest BCUT2D eigenvalue weighted by atomic mass is 10.1. The summed E-state index contributed by atoms with van der Waals surface area (Å²) in [5.74, 6) is 3.39. The van der Waals surface area contributed by atoms with Gasteiger partial charge in [0.05, 0.1) is 11.4 Å². The Labute approximate surface area is 179 Å². The van der Waals surface area contributed by atoms with E-state index in [9.17, 15) is 0 Å². The molecule has 2 heteroatoms. The van der Waals surface area contributed by atoms with E-state index in [2.05, 4.69) is 78.3 Å². The smallest absolute Gasteiger partial charge is 0.0633 e. The molecule has 0 aliphatic rings. The summed E-state index contributed by atoms with van der Waals surface area (Å²) in [6.45, 7) is 0. The van der Waals surface area contributed by atoms with Crippen LogP contribution in [0, 0.1) is 11.6 Å². The molecule has 0 N–H and O–H groups in total. The van der Waals surface area contributed by atoms with Crippen LogP contribution < -0.4 is 5.30 Å². The first-order valence-electron chi connectivity index (χ1n) is 9.96. The third-order valence-corrected chi connectivity index (χ3v) is 6.53. The molecule has 0 saturated heterocycles. The van der Waals surface area contributed by atoms with Crippen molar-refractivity contribution in [1.29, 1.82) is 0 Å². The molecule has 0 aliphatic heterocycles. The molecule has 0 heterocycles. The van der Waals surface area contributed by atoms with Crippen LogP contribution in [0.4, 0.5) is 5.69 Å². The Morgan fingerprint density at radius 3 is 1.80 bits per heavy atom. The van der Waals surface area contributed by atoms with Crippen LogP contribution in [0.5, 0.6) is 0 Å². The lowest BCUT2D eigenvalue weighted by Crippen LogP contribution is -2.11. The minimum atomic E-state index is -0.731. The second kappa shape index (κ2) is 10.4. The Balaban J connectivity index is 1.73. The normalized spacial score (nSPS) is 11.9. The summed E-state index contributed by atoms with van der Waals surface area (Å²) in [5, 5.41) is 1.27. The zero-order valence-corrected chi connectivity index (χ0v) is 17.5. The van der Waals surface area contributed by atoms with Gasteiger partial charge in [-0.3, -0.25) is 4.99 Å². The summed E-state index contributed by atoms with van der Waals surface area (Å²) in [7, 11) is -0.731. The van der Waals surface area contributed by atoms with E-state index in [1.165, 1.54) is 5.30 Å². The van der Waals surface area contributed by atoms with Crippen molar-refractivity contribution in [3.63, 3.8) is 0 Å². The molecule has 0 unspecified atom stereocenters. The zero-order chi connectivity index (χ0) is 20.4. The molecule has 0 amide bonds. The maximum Gasteiger partial charge on any atom is 0.0633 e. The van der Waals surface area contributed by atoms with Crippen molar-refractivity contribution in [3.05, 3.63) is 132 Å². The molecule has 0 aliphatic carbocycles. The number of aliphatic imine (C=N–C) groups is 1. The summed E-state index contributed by atoms with van der Waals surface area (Å²) in [4.78, 5) is 5.01. The van der Waals surface area contributed by atoms with Crippen molar-refractivity contribution >= 4 is 24.6 Å². The summed E-state index contributed by atoms with van der Waals surface area (Å²) < 4.78 is 0. The van der Waals surface area contributed by atoms with Gasteiger partial charge in [0.1, 0.15) is 0 Å². The van der Waals surface area contributed by atoms with Crippen LogP contribution in [0.2, 0.25) is 0 Å². The van der Waals surface area contributed by atoms with Gasteiger partial charge in [-0.2, -0.15) is 0 Å². The number of hydrogen-bond donors (Lipinski definition) is 0. The standard InChI is InChI=1S/C28H22NP/c1-5-13-24(14-6-1)21-22-30(27-19-11-4-12-20-27)23-28(25-15-7-2-8-16-25)29-26-17-9-3-10-18-26/h1-20H,23H2/t30-/m0/s1. The number of benzene rings is 4. The van der Waals surface area contributed by atoms with Gasteiger partial charge in [0.25, 0.3) is 0 Å². The predicted octanol–water partition coefficient (Wildman–Crippen LogP) is 6.62. The van der Waals surface area contributed by atoms with Crippen molar-refractivity contribution in [3.8, 4) is 11.6 Å². The Bertz CT molecular complexity index is 1140. The Morgan fingerprint density at radius 1 is 0.633 bits per heavy atom. The minimum Gasteiger partial charge on any atom is -0.252 e. The van der Waals surface area contributed by atoms with Crippen molar-refractivity contribution in [2.24, 2.45) is 4.99 Å². The van der Waals surface area contributed by atoms with Gasteiger partial charge in [-0.25, -0.2) is 0 Å². The van der Waals surface area contributed by atoms with E-state index in [0.29, 0.717) is 0 Å². The fourth-order valence-electron chi connectivity index (χ4n) is 3.09. The highest BCUT2D eigenvalue weighted by molar-refractivity contribution is 7.71. The van der Waals surface area contributed by atoms with Crippen LogP contribution in [0.3, 0.4) is 0 Å². The third kappa shape index (κ3) is 5.54. The van der Waals surface area contributed by atoms with E-state index in [-0.39, 0.29) is 0 Å². The molecular weight excluding hydrogens is 381 g/mol. The van der Waals surface area contributed by atoms with E-state index >= 15 is 0 Å². The Hall–Kier alpha value is -3.46. The molecule has 144 valence electrons. The van der Waals surface area contributed by atoms with Gasteiger partial charge in [0.15, 0.2) is 0 Å². The first-order valence-corrected chi connectivity index (χ1v) is 11.5. The number of nitrogens with zero attached hydrogens (tertiary/aromatic N) is 1. The van der Waals surface area contributed by atoms with Crippen LogP contribution in [0.15, 0.2) is 126 Å². The van der Waals surface area contributed by atoms with E-state index in [4.69, 9.17) is 4.99 Å². The Morgan fingerprint density at radius 2 is 1.17 bits per heavy atom. The number of hydrogen-bond acceptors (Lipinski definition) is 1. The van der Waals surface area contributed by atoms with Crippen LogP contribution in [-0.4, -0.2) is 11.9 Å². The van der Waals surface area contributed by atoms with Crippen molar-refractivity contribution in [1.82, 2.24) is 0 Å². The molecule has 0 saturated carbocycles.